The van der Waals surface area contributed by atoms with E-state index in [-0.39, 0.29) is 18.4 Å². The van der Waals surface area contributed by atoms with Gasteiger partial charge in [-0.05, 0) is 6.42 Å². The van der Waals surface area contributed by atoms with Crippen LogP contribution in [-0.4, -0.2) is 31.2 Å². The zero-order valence-corrected chi connectivity index (χ0v) is 8.60. The Morgan fingerprint density at radius 1 is 1.54 bits per heavy atom. The molecule has 13 heavy (non-hydrogen) atoms. The molecule has 6 heteroatoms. The van der Waals surface area contributed by atoms with Gasteiger partial charge in [-0.2, -0.15) is 8.42 Å². The van der Waals surface area contributed by atoms with Gasteiger partial charge in [-0.15, -0.1) is 0 Å². The van der Waals surface area contributed by atoms with E-state index < -0.39 is 15.9 Å². The molecular formula is C7H15NO4S. The summed E-state index contributed by atoms with van der Waals surface area (Å²) in [5.74, 6) is -0.748. The van der Waals surface area contributed by atoms with Crippen molar-refractivity contribution in [3.8, 4) is 0 Å². The Morgan fingerprint density at radius 3 is 2.46 bits per heavy atom. The molecule has 0 fully saturated rings. The van der Waals surface area contributed by atoms with Crippen molar-refractivity contribution in [3.05, 3.63) is 0 Å². The van der Waals surface area contributed by atoms with Gasteiger partial charge in [0.2, 0.25) is 5.91 Å². The molecule has 1 atom stereocenters. The fraction of sp³-hybridized carbons (Fsp3) is 0.857. The van der Waals surface area contributed by atoms with Crippen LogP contribution in [0.15, 0.2) is 0 Å². The number of hydrogen-bond donors (Lipinski definition) is 2. The van der Waals surface area contributed by atoms with Gasteiger partial charge in [0.05, 0.1) is 5.75 Å². The highest BCUT2D eigenvalue weighted by molar-refractivity contribution is 7.85. The lowest BCUT2D eigenvalue weighted by atomic mass is 10.1. The van der Waals surface area contributed by atoms with Gasteiger partial charge in [-0.25, -0.2) is 0 Å². The Kier molecular flexibility index (Phi) is 4.94. The van der Waals surface area contributed by atoms with Crippen molar-refractivity contribution in [1.29, 1.82) is 0 Å². The molecule has 0 heterocycles. The fourth-order valence-corrected chi connectivity index (χ4v) is 1.02. The van der Waals surface area contributed by atoms with Crippen molar-refractivity contribution in [2.45, 2.75) is 20.3 Å². The third-order valence-electron chi connectivity index (χ3n) is 1.72. The van der Waals surface area contributed by atoms with Crippen LogP contribution in [-0.2, 0) is 14.9 Å². The van der Waals surface area contributed by atoms with Crippen LogP contribution < -0.4 is 5.32 Å². The molecule has 78 valence electrons. The minimum Gasteiger partial charge on any atom is -0.355 e. The number of nitrogens with one attached hydrogen (secondary N) is 1. The van der Waals surface area contributed by atoms with Crippen molar-refractivity contribution in [3.63, 3.8) is 0 Å². The quantitative estimate of drug-likeness (QED) is 0.626. The lowest BCUT2D eigenvalue weighted by Crippen LogP contribution is -2.32. The molecule has 0 rings (SSSR count). The highest BCUT2D eigenvalue weighted by atomic mass is 32.2. The molecular weight excluding hydrogens is 194 g/mol. The van der Waals surface area contributed by atoms with E-state index in [2.05, 4.69) is 5.32 Å². The van der Waals surface area contributed by atoms with Crippen LogP contribution in [0, 0.1) is 5.92 Å². The average Bonchev–Trinajstić information content (AvgIpc) is 2.00. The van der Waals surface area contributed by atoms with Crippen molar-refractivity contribution in [1.82, 2.24) is 5.32 Å². The van der Waals surface area contributed by atoms with E-state index >= 15 is 0 Å². The van der Waals surface area contributed by atoms with Crippen molar-refractivity contribution < 1.29 is 17.8 Å². The molecule has 0 saturated carbocycles. The Morgan fingerprint density at radius 2 is 2.08 bits per heavy atom. The van der Waals surface area contributed by atoms with Gasteiger partial charge in [0.1, 0.15) is 0 Å². The second kappa shape index (κ2) is 5.18. The van der Waals surface area contributed by atoms with Gasteiger partial charge < -0.3 is 5.32 Å². The van der Waals surface area contributed by atoms with E-state index in [4.69, 9.17) is 4.55 Å². The number of carbonyl (C=O) groups is 1. The Balaban J connectivity index is 3.72. The van der Waals surface area contributed by atoms with E-state index in [1.807, 2.05) is 6.92 Å². The summed E-state index contributed by atoms with van der Waals surface area (Å²) in [6, 6.07) is 0. The largest absolute Gasteiger partial charge is 0.355 e. The van der Waals surface area contributed by atoms with Crippen LogP contribution in [0.5, 0.6) is 0 Å². The fourth-order valence-electron chi connectivity index (χ4n) is 0.663. The molecule has 0 aromatic heterocycles. The van der Waals surface area contributed by atoms with Crippen LogP contribution in [0.1, 0.15) is 20.3 Å². The summed E-state index contributed by atoms with van der Waals surface area (Å²) in [5.41, 5.74) is 0. The van der Waals surface area contributed by atoms with Crippen LogP contribution >= 0.6 is 0 Å². The van der Waals surface area contributed by atoms with E-state index in [9.17, 15) is 13.2 Å². The Labute approximate surface area is 78.3 Å². The van der Waals surface area contributed by atoms with E-state index in [1.54, 1.807) is 6.92 Å². The van der Waals surface area contributed by atoms with Gasteiger partial charge in [-0.3, -0.25) is 9.35 Å². The molecule has 2 N–H and O–H groups in total. The van der Waals surface area contributed by atoms with Crippen LogP contribution in [0.2, 0.25) is 0 Å². The zero-order valence-electron chi connectivity index (χ0n) is 7.78. The first-order valence-electron chi connectivity index (χ1n) is 4.09. The molecule has 0 radical (unpaired) electrons. The molecule has 0 aliphatic rings. The maximum absolute atomic E-state index is 11.1. The monoisotopic (exact) mass is 209 g/mol. The van der Waals surface area contributed by atoms with Gasteiger partial charge in [0.15, 0.2) is 0 Å². The van der Waals surface area contributed by atoms with E-state index in [1.165, 1.54) is 0 Å². The third-order valence-corrected chi connectivity index (χ3v) is 2.44. The molecule has 1 amide bonds. The van der Waals surface area contributed by atoms with Crippen LogP contribution in [0.3, 0.4) is 0 Å². The van der Waals surface area contributed by atoms with Crippen LogP contribution in [0.25, 0.3) is 0 Å². The first-order valence-corrected chi connectivity index (χ1v) is 5.70. The minimum atomic E-state index is -3.97. The summed E-state index contributed by atoms with van der Waals surface area (Å²) >= 11 is 0. The summed E-state index contributed by atoms with van der Waals surface area (Å²) < 4.78 is 28.9. The number of amides is 1. The van der Waals surface area contributed by atoms with Gasteiger partial charge >= 0.3 is 0 Å². The summed E-state index contributed by atoms with van der Waals surface area (Å²) in [4.78, 5) is 11.1. The first kappa shape index (κ1) is 12.4. The summed E-state index contributed by atoms with van der Waals surface area (Å²) in [7, 11) is -3.97. The highest BCUT2D eigenvalue weighted by Crippen LogP contribution is 1.98. The summed E-state index contributed by atoms with van der Waals surface area (Å²) in [6.07, 6.45) is 0.706. The standard InChI is InChI=1S/C7H15NO4S/c1-3-6(2)7(9)8-4-5-13(10,11)12/h6H,3-5H2,1-2H3,(H,8,9)(H,10,11,12). The van der Waals surface area contributed by atoms with Crippen molar-refractivity contribution in [2.24, 2.45) is 5.92 Å². The topological polar surface area (TPSA) is 83.5 Å². The lowest BCUT2D eigenvalue weighted by molar-refractivity contribution is -0.124. The molecule has 0 spiro atoms. The third kappa shape index (κ3) is 6.53. The molecule has 0 saturated heterocycles. The normalized spacial score (nSPS) is 13.8. The summed E-state index contributed by atoms with van der Waals surface area (Å²) in [6.45, 7) is 3.58. The molecule has 0 aliphatic carbocycles. The lowest BCUT2D eigenvalue weighted by Gasteiger charge is -2.08. The Bertz CT molecular complexity index is 260. The van der Waals surface area contributed by atoms with Gasteiger partial charge in [0.25, 0.3) is 10.1 Å². The maximum atomic E-state index is 11.1. The number of carbonyl (C=O) groups excluding carboxylic acids is 1. The average molecular weight is 209 g/mol. The van der Waals surface area contributed by atoms with Gasteiger partial charge in [-0.1, -0.05) is 13.8 Å². The van der Waals surface area contributed by atoms with Crippen molar-refractivity contribution in [2.75, 3.05) is 12.3 Å². The molecule has 0 aromatic rings. The van der Waals surface area contributed by atoms with E-state index in [0.29, 0.717) is 6.42 Å². The first-order chi connectivity index (χ1) is 5.87. The minimum absolute atomic E-state index is 0.0397. The second-order valence-electron chi connectivity index (χ2n) is 2.89. The molecule has 1 unspecified atom stereocenters. The van der Waals surface area contributed by atoms with Crippen molar-refractivity contribution >= 4 is 16.0 Å². The number of hydrogen-bond acceptors (Lipinski definition) is 3. The number of rotatable bonds is 5. The SMILES string of the molecule is CCC(C)C(=O)NCCS(=O)(=O)O. The predicted molar refractivity (Wildman–Crippen MR) is 48.9 cm³/mol. The molecule has 0 bridgehead atoms. The molecule has 5 nitrogen and oxygen atoms in total. The van der Waals surface area contributed by atoms with Crippen LogP contribution in [0.4, 0.5) is 0 Å². The summed E-state index contributed by atoms with van der Waals surface area (Å²) in [5, 5.41) is 2.41. The smallest absolute Gasteiger partial charge is 0.266 e. The van der Waals surface area contributed by atoms with E-state index in [0.717, 1.165) is 0 Å². The zero-order chi connectivity index (χ0) is 10.5. The second-order valence-corrected chi connectivity index (χ2v) is 4.46. The maximum Gasteiger partial charge on any atom is 0.266 e. The molecule has 0 aliphatic heterocycles. The Hall–Kier alpha value is -0.620. The molecule has 0 aromatic carbocycles. The predicted octanol–water partition coefficient (Wildman–Crippen LogP) is 0.0365. The van der Waals surface area contributed by atoms with Gasteiger partial charge in [0, 0.05) is 12.5 Å². The highest BCUT2D eigenvalue weighted by Gasteiger charge is 2.11.